The van der Waals surface area contributed by atoms with Gasteiger partial charge in [-0.05, 0) is 55.7 Å². The molecule has 0 saturated carbocycles. The van der Waals surface area contributed by atoms with Gasteiger partial charge in [0.15, 0.2) is 0 Å². The van der Waals surface area contributed by atoms with Crippen LogP contribution in [0.3, 0.4) is 0 Å². The first-order valence-corrected chi connectivity index (χ1v) is 12.1. The van der Waals surface area contributed by atoms with Crippen LogP contribution in [0.2, 0.25) is 0 Å². The van der Waals surface area contributed by atoms with Crippen LogP contribution in [0.15, 0.2) is 53.4 Å². The Kier molecular flexibility index (Phi) is 6.11. The average Bonchev–Trinajstić information content (AvgIpc) is 2.94. The fourth-order valence-corrected chi connectivity index (χ4v) is 5.64. The van der Waals surface area contributed by atoms with Crippen LogP contribution in [-0.4, -0.2) is 48.6 Å². The fourth-order valence-electron chi connectivity index (χ4n) is 4.12. The van der Waals surface area contributed by atoms with Gasteiger partial charge in [0.05, 0.1) is 4.90 Å². The highest BCUT2D eigenvalue weighted by atomic mass is 32.2. The van der Waals surface area contributed by atoms with Gasteiger partial charge in [0.2, 0.25) is 15.9 Å². The number of amides is 2. The molecule has 8 heteroatoms. The molecule has 164 valence electrons. The number of hydrogen-bond acceptors (Lipinski definition) is 4. The van der Waals surface area contributed by atoms with Crippen molar-refractivity contribution in [2.75, 3.05) is 18.4 Å². The summed E-state index contributed by atoms with van der Waals surface area (Å²) >= 11 is 0. The highest BCUT2D eigenvalue weighted by molar-refractivity contribution is 7.89. The first kappa shape index (κ1) is 21.5. The monoisotopic (exact) mass is 441 g/mol. The van der Waals surface area contributed by atoms with Crippen LogP contribution in [0.5, 0.6) is 0 Å². The molecule has 1 unspecified atom stereocenters. The Balaban J connectivity index is 1.42. The summed E-state index contributed by atoms with van der Waals surface area (Å²) in [6.07, 6.45) is 3.87. The van der Waals surface area contributed by atoms with E-state index in [9.17, 15) is 18.0 Å². The molecule has 1 atom stereocenters. The minimum absolute atomic E-state index is 0.155. The van der Waals surface area contributed by atoms with E-state index in [1.807, 2.05) is 18.2 Å². The van der Waals surface area contributed by atoms with Gasteiger partial charge in [-0.25, -0.2) is 8.42 Å². The topological polar surface area (TPSA) is 86.8 Å². The maximum absolute atomic E-state index is 12.9. The van der Waals surface area contributed by atoms with Crippen molar-refractivity contribution in [3.8, 4) is 0 Å². The van der Waals surface area contributed by atoms with Crippen LogP contribution >= 0.6 is 0 Å². The van der Waals surface area contributed by atoms with Crippen LogP contribution < -0.4 is 5.32 Å². The van der Waals surface area contributed by atoms with Crippen LogP contribution in [0.1, 0.15) is 48.5 Å². The smallest absolute Gasteiger partial charge is 0.255 e. The normalized spacial score (nSPS) is 18.4. The Morgan fingerprint density at radius 3 is 2.26 bits per heavy atom. The molecular formula is C23H27N3O4S. The zero-order chi connectivity index (χ0) is 22.0. The zero-order valence-electron chi connectivity index (χ0n) is 17.6. The maximum atomic E-state index is 12.9. The molecule has 31 heavy (non-hydrogen) atoms. The summed E-state index contributed by atoms with van der Waals surface area (Å²) in [5.41, 5.74) is 2.04. The molecule has 0 aliphatic carbocycles. The van der Waals surface area contributed by atoms with Gasteiger partial charge in [0.25, 0.3) is 5.91 Å². The Morgan fingerprint density at radius 2 is 1.61 bits per heavy atom. The van der Waals surface area contributed by atoms with E-state index in [1.165, 1.54) is 17.0 Å². The van der Waals surface area contributed by atoms with Gasteiger partial charge in [-0.2, -0.15) is 4.31 Å². The second-order valence-electron chi connectivity index (χ2n) is 8.10. The highest BCUT2D eigenvalue weighted by Gasteiger charge is 2.33. The minimum Gasteiger partial charge on any atom is -0.324 e. The predicted octanol–water partition coefficient (Wildman–Crippen LogP) is 3.23. The summed E-state index contributed by atoms with van der Waals surface area (Å²) in [5.74, 6) is -0.471. The number of sulfonamides is 1. The molecule has 0 aromatic heterocycles. The highest BCUT2D eigenvalue weighted by Crippen LogP contribution is 2.25. The van der Waals surface area contributed by atoms with Crippen LogP contribution in [0.4, 0.5) is 5.69 Å². The first-order chi connectivity index (χ1) is 14.9. The van der Waals surface area contributed by atoms with Gasteiger partial charge in [-0.1, -0.05) is 31.0 Å². The summed E-state index contributed by atoms with van der Waals surface area (Å²) in [7, 11) is -3.53. The molecule has 2 heterocycles. The average molecular weight is 442 g/mol. The van der Waals surface area contributed by atoms with Crippen LogP contribution in [-0.2, 0) is 21.4 Å². The van der Waals surface area contributed by atoms with Crippen molar-refractivity contribution in [3.63, 3.8) is 0 Å². The van der Waals surface area contributed by atoms with Gasteiger partial charge in [-0.15, -0.1) is 0 Å². The summed E-state index contributed by atoms with van der Waals surface area (Å²) in [5, 5.41) is 2.79. The van der Waals surface area contributed by atoms with Crippen LogP contribution in [0.25, 0.3) is 0 Å². The molecular weight excluding hydrogens is 414 g/mol. The number of nitrogens with one attached hydrogen (secondary N) is 1. The van der Waals surface area contributed by atoms with Gasteiger partial charge in [-0.3, -0.25) is 9.59 Å². The van der Waals surface area contributed by atoms with Gasteiger partial charge < -0.3 is 10.2 Å². The predicted molar refractivity (Wildman–Crippen MR) is 118 cm³/mol. The molecule has 2 aromatic rings. The van der Waals surface area contributed by atoms with E-state index in [0.29, 0.717) is 30.9 Å². The molecule has 1 saturated heterocycles. The molecule has 2 aliphatic rings. The number of hydrogen-bond donors (Lipinski definition) is 1. The molecule has 1 fully saturated rings. The van der Waals surface area contributed by atoms with Crippen molar-refractivity contribution in [3.05, 3.63) is 59.7 Å². The zero-order valence-corrected chi connectivity index (χ0v) is 18.4. The van der Waals surface area contributed by atoms with Gasteiger partial charge >= 0.3 is 0 Å². The summed E-state index contributed by atoms with van der Waals surface area (Å²) in [4.78, 5) is 27.1. The van der Waals surface area contributed by atoms with E-state index in [4.69, 9.17) is 0 Å². The molecule has 2 aliphatic heterocycles. The van der Waals surface area contributed by atoms with Crippen molar-refractivity contribution < 1.29 is 18.0 Å². The lowest BCUT2D eigenvalue weighted by Gasteiger charge is -2.23. The molecule has 4 rings (SSSR count). The van der Waals surface area contributed by atoms with E-state index in [-0.39, 0.29) is 16.7 Å². The number of carbonyl (C=O) groups is 2. The number of carbonyl (C=O) groups excluding carboxylic acids is 2. The lowest BCUT2D eigenvalue weighted by atomic mass is 10.1. The largest absolute Gasteiger partial charge is 0.324 e. The van der Waals surface area contributed by atoms with Gasteiger partial charge in [0, 0.05) is 30.9 Å². The molecule has 0 radical (unpaired) electrons. The summed E-state index contributed by atoms with van der Waals surface area (Å²) < 4.78 is 27.3. The lowest BCUT2D eigenvalue weighted by Crippen LogP contribution is -2.42. The van der Waals surface area contributed by atoms with E-state index < -0.39 is 16.1 Å². The quantitative estimate of drug-likeness (QED) is 0.772. The number of rotatable bonds is 5. The molecule has 0 spiro atoms. The van der Waals surface area contributed by atoms with E-state index in [2.05, 4.69) is 5.32 Å². The molecule has 0 bridgehead atoms. The number of nitrogens with zero attached hydrogens (tertiary/aromatic N) is 2. The Morgan fingerprint density at radius 1 is 0.968 bits per heavy atom. The number of benzene rings is 2. The Labute approximate surface area is 183 Å². The first-order valence-electron chi connectivity index (χ1n) is 10.7. The second-order valence-corrected chi connectivity index (χ2v) is 10.0. The third kappa shape index (κ3) is 4.36. The molecule has 1 N–H and O–H groups in total. The summed E-state index contributed by atoms with van der Waals surface area (Å²) in [6.45, 7) is 3.18. The Hall–Kier alpha value is -2.71. The van der Waals surface area contributed by atoms with E-state index in [1.54, 1.807) is 29.4 Å². The van der Waals surface area contributed by atoms with Gasteiger partial charge in [0.1, 0.15) is 6.04 Å². The van der Waals surface area contributed by atoms with Crippen molar-refractivity contribution in [1.29, 1.82) is 0 Å². The van der Waals surface area contributed by atoms with Crippen LogP contribution in [0, 0.1) is 0 Å². The molecule has 2 amide bonds. The summed E-state index contributed by atoms with van der Waals surface area (Å²) in [6, 6.07) is 12.9. The molecule has 7 nitrogen and oxygen atoms in total. The van der Waals surface area contributed by atoms with Crippen molar-refractivity contribution in [2.24, 2.45) is 0 Å². The molecule has 2 aromatic carbocycles. The SMILES string of the molecule is CC(C(=O)Nc1ccc(S(=O)(=O)N2CCCCCC2)cc1)N1Cc2ccccc2C1=O. The number of fused-ring (bicyclic) bond motifs is 1. The van der Waals surface area contributed by atoms with E-state index >= 15 is 0 Å². The minimum atomic E-state index is -3.53. The standard InChI is InChI=1S/C23H27N3O4S/c1-17(26-16-18-8-4-5-9-21(18)23(26)28)22(27)24-19-10-12-20(13-11-19)31(29,30)25-14-6-2-3-7-15-25/h4-5,8-13,17H,2-3,6-7,14-16H2,1H3,(H,24,27). The second kappa shape index (κ2) is 8.80. The maximum Gasteiger partial charge on any atom is 0.255 e. The third-order valence-corrected chi connectivity index (χ3v) is 7.93. The van der Waals surface area contributed by atoms with Crippen molar-refractivity contribution in [1.82, 2.24) is 9.21 Å². The fraction of sp³-hybridized carbons (Fsp3) is 0.391. The lowest BCUT2D eigenvalue weighted by molar-refractivity contribution is -0.120. The number of anilines is 1. The Bertz CT molecular complexity index is 1070. The van der Waals surface area contributed by atoms with E-state index in [0.717, 1.165) is 31.2 Å². The van der Waals surface area contributed by atoms with Crippen molar-refractivity contribution >= 4 is 27.5 Å². The third-order valence-electron chi connectivity index (χ3n) is 6.02. The van der Waals surface area contributed by atoms with Crippen molar-refractivity contribution in [2.45, 2.75) is 50.1 Å².